The van der Waals surface area contributed by atoms with Gasteiger partial charge >= 0.3 is 0 Å². The molecule has 2 unspecified atom stereocenters. The molecule has 0 radical (unpaired) electrons. The molecule has 1 fully saturated rings. The molecular formula is C13H21N3O. The van der Waals surface area contributed by atoms with Gasteiger partial charge in [-0.3, -0.25) is 9.88 Å². The lowest BCUT2D eigenvalue weighted by Gasteiger charge is -2.37. The average Bonchev–Trinajstić information content (AvgIpc) is 2.40. The molecular weight excluding hydrogens is 214 g/mol. The second kappa shape index (κ2) is 6.10. The number of pyridine rings is 1. The molecule has 2 rings (SSSR count). The molecule has 94 valence electrons. The third-order valence-electron chi connectivity index (χ3n) is 3.34. The molecule has 1 aliphatic heterocycles. The van der Waals surface area contributed by atoms with Gasteiger partial charge in [0.05, 0.1) is 12.7 Å². The van der Waals surface area contributed by atoms with Crippen LogP contribution in [0.1, 0.15) is 18.5 Å². The van der Waals surface area contributed by atoms with Gasteiger partial charge in [0.25, 0.3) is 0 Å². The summed E-state index contributed by atoms with van der Waals surface area (Å²) in [6, 6.07) is 4.61. The van der Waals surface area contributed by atoms with E-state index in [1.165, 1.54) is 5.56 Å². The van der Waals surface area contributed by atoms with Crippen molar-refractivity contribution in [1.82, 2.24) is 15.2 Å². The van der Waals surface area contributed by atoms with Crippen LogP contribution >= 0.6 is 0 Å². The minimum absolute atomic E-state index is 0.304. The number of nitrogens with zero attached hydrogens (tertiary/aromatic N) is 2. The van der Waals surface area contributed by atoms with Crippen LogP contribution in [0.4, 0.5) is 0 Å². The summed E-state index contributed by atoms with van der Waals surface area (Å²) in [5.41, 5.74) is 1.32. The number of morpholine rings is 1. The lowest BCUT2D eigenvalue weighted by atomic mass is 10.1. The maximum Gasteiger partial charge on any atom is 0.0826 e. The van der Waals surface area contributed by atoms with Crippen LogP contribution in [0.25, 0.3) is 0 Å². The fourth-order valence-corrected chi connectivity index (χ4v) is 2.30. The molecule has 17 heavy (non-hydrogen) atoms. The summed E-state index contributed by atoms with van der Waals surface area (Å²) in [6.45, 7) is 5.98. The first-order chi connectivity index (χ1) is 8.31. The third kappa shape index (κ3) is 3.25. The Bertz CT molecular complexity index is 329. The lowest BCUT2D eigenvalue weighted by molar-refractivity contribution is -0.0393. The Morgan fingerprint density at radius 1 is 1.53 bits per heavy atom. The Hall–Kier alpha value is -0.970. The number of aromatic nitrogens is 1. The van der Waals surface area contributed by atoms with Crippen molar-refractivity contribution >= 4 is 0 Å². The maximum atomic E-state index is 5.72. The molecule has 1 saturated heterocycles. The van der Waals surface area contributed by atoms with E-state index in [4.69, 9.17) is 4.74 Å². The largest absolute Gasteiger partial charge is 0.374 e. The van der Waals surface area contributed by atoms with E-state index in [2.05, 4.69) is 34.3 Å². The van der Waals surface area contributed by atoms with Crippen LogP contribution in [0.15, 0.2) is 24.5 Å². The summed E-state index contributed by atoms with van der Waals surface area (Å²) in [5, 5.41) is 3.17. The fourth-order valence-electron chi connectivity index (χ4n) is 2.30. The number of nitrogens with one attached hydrogen (secondary N) is 1. The molecule has 0 saturated carbocycles. The van der Waals surface area contributed by atoms with Gasteiger partial charge in [0.2, 0.25) is 0 Å². The van der Waals surface area contributed by atoms with Gasteiger partial charge in [0, 0.05) is 38.1 Å². The van der Waals surface area contributed by atoms with Gasteiger partial charge in [-0.2, -0.15) is 0 Å². The van der Waals surface area contributed by atoms with Crippen LogP contribution in [-0.2, 0) is 4.74 Å². The van der Waals surface area contributed by atoms with Crippen molar-refractivity contribution in [1.29, 1.82) is 0 Å². The number of rotatable bonds is 4. The fraction of sp³-hybridized carbons (Fsp3) is 0.615. The quantitative estimate of drug-likeness (QED) is 0.847. The second-order valence-electron chi connectivity index (χ2n) is 4.50. The van der Waals surface area contributed by atoms with Crippen LogP contribution in [0, 0.1) is 0 Å². The first kappa shape index (κ1) is 12.5. The van der Waals surface area contributed by atoms with E-state index in [9.17, 15) is 0 Å². The first-order valence-corrected chi connectivity index (χ1v) is 6.21. The highest BCUT2D eigenvalue weighted by molar-refractivity contribution is 5.14. The Balaban J connectivity index is 1.97. The topological polar surface area (TPSA) is 37.4 Å². The summed E-state index contributed by atoms with van der Waals surface area (Å²) in [4.78, 5) is 6.54. The van der Waals surface area contributed by atoms with E-state index in [-0.39, 0.29) is 0 Å². The summed E-state index contributed by atoms with van der Waals surface area (Å²) < 4.78 is 5.72. The van der Waals surface area contributed by atoms with Crippen molar-refractivity contribution in [3.8, 4) is 0 Å². The SMILES string of the molecule is CNCC1CN(C(C)c2ccncc2)CCO1. The molecule has 0 aromatic carbocycles. The van der Waals surface area contributed by atoms with Crippen LogP contribution in [0.2, 0.25) is 0 Å². The Morgan fingerprint density at radius 2 is 2.29 bits per heavy atom. The Labute approximate surface area is 103 Å². The average molecular weight is 235 g/mol. The van der Waals surface area contributed by atoms with Crippen molar-refractivity contribution in [3.63, 3.8) is 0 Å². The van der Waals surface area contributed by atoms with Crippen molar-refractivity contribution in [2.45, 2.75) is 19.1 Å². The normalized spacial score (nSPS) is 23.5. The second-order valence-corrected chi connectivity index (χ2v) is 4.50. The molecule has 2 heterocycles. The van der Waals surface area contributed by atoms with Gasteiger partial charge in [0.15, 0.2) is 0 Å². The number of hydrogen-bond acceptors (Lipinski definition) is 4. The minimum atomic E-state index is 0.304. The minimum Gasteiger partial charge on any atom is -0.374 e. The summed E-state index contributed by atoms with van der Waals surface area (Å²) in [6.07, 6.45) is 4.02. The molecule has 4 nitrogen and oxygen atoms in total. The predicted molar refractivity (Wildman–Crippen MR) is 67.9 cm³/mol. The summed E-state index contributed by atoms with van der Waals surface area (Å²) in [5.74, 6) is 0. The van der Waals surface area contributed by atoms with Crippen LogP contribution in [-0.4, -0.2) is 49.3 Å². The van der Waals surface area contributed by atoms with Crippen molar-refractivity contribution in [3.05, 3.63) is 30.1 Å². The highest BCUT2D eigenvalue weighted by Gasteiger charge is 2.24. The summed E-state index contributed by atoms with van der Waals surface area (Å²) in [7, 11) is 1.97. The van der Waals surface area contributed by atoms with E-state index in [1.54, 1.807) is 0 Å². The van der Waals surface area contributed by atoms with E-state index >= 15 is 0 Å². The first-order valence-electron chi connectivity index (χ1n) is 6.21. The van der Waals surface area contributed by atoms with Gasteiger partial charge < -0.3 is 10.1 Å². The number of ether oxygens (including phenoxy) is 1. The molecule has 0 bridgehead atoms. The third-order valence-corrected chi connectivity index (χ3v) is 3.34. The van der Waals surface area contributed by atoms with Gasteiger partial charge in [-0.25, -0.2) is 0 Å². The zero-order valence-corrected chi connectivity index (χ0v) is 10.6. The van der Waals surface area contributed by atoms with Crippen LogP contribution in [0.5, 0.6) is 0 Å². The van der Waals surface area contributed by atoms with Crippen molar-refractivity contribution < 1.29 is 4.74 Å². The molecule has 1 aromatic heterocycles. The van der Waals surface area contributed by atoms with Crippen LogP contribution < -0.4 is 5.32 Å². The molecule has 1 aliphatic rings. The molecule has 4 heteroatoms. The maximum absolute atomic E-state index is 5.72. The van der Waals surface area contributed by atoms with Gasteiger partial charge in [-0.05, 0) is 31.7 Å². The van der Waals surface area contributed by atoms with Gasteiger partial charge in [-0.1, -0.05) is 0 Å². The van der Waals surface area contributed by atoms with Crippen molar-refractivity contribution in [2.75, 3.05) is 33.3 Å². The van der Waals surface area contributed by atoms with E-state index in [0.717, 1.165) is 26.2 Å². The Morgan fingerprint density at radius 3 is 3.00 bits per heavy atom. The van der Waals surface area contributed by atoms with E-state index < -0.39 is 0 Å². The monoisotopic (exact) mass is 235 g/mol. The zero-order chi connectivity index (χ0) is 12.1. The molecule has 1 aromatic rings. The molecule has 1 N–H and O–H groups in total. The number of likely N-dealkylation sites (N-methyl/N-ethyl adjacent to an activating group) is 1. The standard InChI is InChI=1S/C13H21N3O/c1-11(12-3-5-15-6-4-12)16-7-8-17-13(10-16)9-14-2/h3-6,11,13-14H,7-10H2,1-2H3. The smallest absolute Gasteiger partial charge is 0.0826 e. The molecule has 0 amide bonds. The van der Waals surface area contributed by atoms with E-state index in [1.807, 2.05) is 19.4 Å². The van der Waals surface area contributed by atoms with Gasteiger partial charge in [0.1, 0.15) is 0 Å². The van der Waals surface area contributed by atoms with Gasteiger partial charge in [-0.15, -0.1) is 0 Å². The summed E-state index contributed by atoms with van der Waals surface area (Å²) >= 11 is 0. The molecule has 2 atom stereocenters. The van der Waals surface area contributed by atoms with Crippen molar-refractivity contribution in [2.24, 2.45) is 0 Å². The Kier molecular flexibility index (Phi) is 4.48. The molecule has 0 aliphatic carbocycles. The van der Waals surface area contributed by atoms with Crippen LogP contribution in [0.3, 0.4) is 0 Å². The lowest BCUT2D eigenvalue weighted by Crippen LogP contribution is -2.46. The zero-order valence-electron chi connectivity index (χ0n) is 10.6. The highest BCUT2D eigenvalue weighted by atomic mass is 16.5. The van der Waals surface area contributed by atoms with E-state index in [0.29, 0.717) is 12.1 Å². The number of hydrogen-bond donors (Lipinski definition) is 1. The predicted octanol–water partition coefficient (Wildman–Crippen LogP) is 1.06. The highest BCUT2D eigenvalue weighted by Crippen LogP contribution is 2.21. The molecule has 0 spiro atoms.